The topological polar surface area (TPSA) is 51.2 Å². The second-order valence-electron chi connectivity index (χ2n) is 12.9. The predicted molar refractivity (Wildman–Crippen MR) is 147 cm³/mol. The zero-order valence-corrected chi connectivity index (χ0v) is 24.8. The number of nitrogens with zero attached hydrogens (tertiary/aromatic N) is 1. The van der Waals surface area contributed by atoms with E-state index >= 15 is 0 Å². The number of benzene rings is 2. The monoisotopic (exact) mass is 633 g/mol. The Bertz CT molecular complexity index is 1260. The maximum Gasteiger partial charge on any atom is 0.416 e. The molecule has 5 atom stereocenters. The van der Waals surface area contributed by atoms with Gasteiger partial charge in [-0.05, 0) is 100 Å². The van der Waals surface area contributed by atoms with E-state index in [1.165, 1.54) is 19.1 Å². The van der Waals surface area contributed by atoms with Gasteiger partial charge < -0.3 is 24.2 Å². The Kier molecular flexibility index (Phi) is 9.16. The summed E-state index contributed by atoms with van der Waals surface area (Å²) in [7, 11) is 0. The van der Waals surface area contributed by atoms with Crippen LogP contribution in [0.2, 0.25) is 0 Å². The summed E-state index contributed by atoms with van der Waals surface area (Å²) in [6.07, 6.45) is -10.6. The van der Waals surface area contributed by atoms with Gasteiger partial charge in [-0.3, -0.25) is 0 Å². The number of hydrogen-bond acceptors (Lipinski definition) is 5. The molecule has 3 fully saturated rings. The molecule has 0 amide bonds. The van der Waals surface area contributed by atoms with Crippen molar-refractivity contribution in [3.8, 4) is 0 Å². The van der Waals surface area contributed by atoms with Gasteiger partial charge in [0.2, 0.25) is 0 Å². The van der Waals surface area contributed by atoms with E-state index in [9.17, 15) is 35.8 Å². The third kappa shape index (κ3) is 6.94. The van der Waals surface area contributed by atoms with Gasteiger partial charge in [0, 0.05) is 17.9 Å². The lowest BCUT2D eigenvalue weighted by Gasteiger charge is -2.45. The van der Waals surface area contributed by atoms with Crippen LogP contribution in [0.15, 0.2) is 42.5 Å². The number of alkyl halides is 6. The molecule has 3 heterocycles. The van der Waals surface area contributed by atoms with Crippen molar-refractivity contribution in [2.24, 2.45) is 11.3 Å². The summed E-state index contributed by atoms with van der Waals surface area (Å²) < 4.78 is 113. The number of piperidine rings is 1. The van der Waals surface area contributed by atoms with Gasteiger partial charge in [-0.1, -0.05) is 12.1 Å². The lowest BCUT2D eigenvalue weighted by molar-refractivity contribution is -0.210. The molecule has 1 N–H and O–H groups in total. The largest absolute Gasteiger partial charge is 0.416 e. The SMILES string of the molecule is C[C@@H](O[C@H]1OCC[C@@H](CN2CCC3(CC2)COC(C)(C)C3O)[C@@H]1c1ccc(F)cc1)c1cc(C(F)(F)F)cc(C(F)(F)F)c1. The van der Waals surface area contributed by atoms with Gasteiger partial charge in [0.05, 0.1) is 42.1 Å². The Morgan fingerprint density at radius 3 is 2.09 bits per heavy atom. The summed E-state index contributed by atoms with van der Waals surface area (Å²) >= 11 is 0. The lowest BCUT2D eigenvalue weighted by atomic mass is 9.71. The van der Waals surface area contributed by atoms with Crippen molar-refractivity contribution in [2.45, 2.75) is 82.4 Å². The molecule has 0 radical (unpaired) electrons. The van der Waals surface area contributed by atoms with Crippen LogP contribution in [0.5, 0.6) is 0 Å². The quantitative estimate of drug-likeness (QED) is 0.338. The summed E-state index contributed by atoms with van der Waals surface area (Å²) in [6.45, 7) is 7.99. The first-order valence-electron chi connectivity index (χ1n) is 14.8. The summed E-state index contributed by atoms with van der Waals surface area (Å²) in [4.78, 5) is 2.29. The highest BCUT2D eigenvalue weighted by atomic mass is 19.4. The number of aliphatic hydroxyl groups is 1. The van der Waals surface area contributed by atoms with E-state index in [1.807, 2.05) is 13.8 Å². The maximum atomic E-state index is 13.9. The van der Waals surface area contributed by atoms with Gasteiger partial charge in [0.25, 0.3) is 0 Å². The average molecular weight is 634 g/mol. The molecule has 12 heteroatoms. The molecule has 0 bridgehead atoms. The maximum absolute atomic E-state index is 13.9. The molecule has 0 saturated carbocycles. The van der Waals surface area contributed by atoms with E-state index < -0.39 is 59.3 Å². The van der Waals surface area contributed by atoms with Gasteiger partial charge in [-0.15, -0.1) is 0 Å². The van der Waals surface area contributed by atoms with E-state index in [0.29, 0.717) is 37.3 Å². The van der Waals surface area contributed by atoms with Crippen molar-refractivity contribution in [1.29, 1.82) is 0 Å². The Hall–Kier alpha value is -2.25. The zero-order valence-electron chi connectivity index (χ0n) is 24.8. The van der Waals surface area contributed by atoms with E-state index in [1.54, 1.807) is 12.1 Å². The highest BCUT2D eigenvalue weighted by molar-refractivity contribution is 5.35. The number of likely N-dealkylation sites (tertiary alicyclic amines) is 1. The fourth-order valence-electron chi connectivity index (χ4n) is 6.93. The molecule has 1 unspecified atom stereocenters. The molecule has 3 aliphatic heterocycles. The Morgan fingerprint density at radius 2 is 1.57 bits per heavy atom. The van der Waals surface area contributed by atoms with Crippen molar-refractivity contribution in [2.75, 3.05) is 32.8 Å². The molecule has 5 rings (SSSR count). The van der Waals surface area contributed by atoms with Gasteiger partial charge in [-0.25, -0.2) is 4.39 Å². The van der Waals surface area contributed by atoms with E-state index in [4.69, 9.17) is 14.2 Å². The van der Waals surface area contributed by atoms with Crippen LogP contribution in [-0.2, 0) is 26.6 Å². The summed E-state index contributed by atoms with van der Waals surface area (Å²) in [5, 5.41) is 11.0. The second kappa shape index (κ2) is 12.2. The van der Waals surface area contributed by atoms with Crippen molar-refractivity contribution in [3.63, 3.8) is 0 Å². The number of halogens is 7. The molecule has 44 heavy (non-hydrogen) atoms. The molecule has 0 aromatic heterocycles. The summed E-state index contributed by atoms with van der Waals surface area (Å²) in [5.41, 5.74) is -3.34. The molecule has 2 aromatic carbocycles. The van der Waals surface area contributed by atoms with Crippen molar-refractivity contribution < 1.29 is 50.1 Å². The van der Waals surface area contributed by atoms with Crippen LogP contribution >= 0.6 is 0 Å². The second-order valence-corrected chi connectivity index (χ2v) is 12.9. The van der Waals surface area contributed by atoms with Crippen LogP contribution < -0.4 is 0 Å². The number of ether oxygens (including phenoxy) is 3. The van der Waals surface area contributed by atoms with Crippen LogP contribution in [0, 0.1) is 17.2 Å². The van der Waals surface area contributed by atoms with Crippen LogP contribution in [0.25, 0.3) is 0 Å². The van der Waals surface area contributed by atoms with Crippen LogP contribution in [0.4, 0.5) is 30.7 Å². The van der Waals surface area contributed by atoms with E-state index in [0.717, 1.165) is 25.9 Å². The highest BCUT2D eigenvalue weighted by Gasteiger charge is 2.54. The van der Waals surface area contributed by atoms with Crippen LogP contribution in [0.3, 0.4) is 0 Å². The Labute approximate surface area is 252 Å². The van der Waals surface area contributed by atoms with Crippen LogP contribution in [-0.4, -0.2) is 60.8 Å². The molecule has 3 aliphatic rings. The molecule has 0 aliphatic carbocycles. The molecule has 5 nitrogen and oxygen atoms in total. The number of hydrogen-bond donors (Lipinski definition) is 1. The lowest BCUT2D eigenvalue weighted by Crippen LogP contribution is -2.51. The Balaban J connectivity index is 1.36. The zero-order chi connectivity index (χ0) is 32.1. The third-order valence-corrected chi connectivity index (χ3v) is 9.56. The molecule has 3 saturated heterocycles. The van der Waals surface area contributed by atoms with Crippen molar-refractivity contribution in [3.05, 3.63) is 70.5 Å². The first-order valence-corrected chi connectivity index (χ1v) is 14.8. The molecular formula is C32H38F7NO4. The van der Waals surface area contributed by atoms with Gasteiger partial charge in [-0.2, -0.15) is 26.3 Å². The van der Waals surface area contributed by atoms with Gasteiger partial charge >= 0.3 is 12.4 Å². The molecule has 1 spiro atoms. The van der Waals surface area contributed by atoms with Crippen molar-refractivity contribution >= 4 is 0 Å². The Morgan fingerprint density at radius 1 is 0.977 bits per heavy atom. The first-order chi connectivity index (χ1) is 20.5. The minimum Gasteiger partial charge on any atom is -0.389 e. The fourth-order valence-corrected chi connectivity index (χ4v) is 6.93. The summed E-state index contributed by atoms with van der Waals surface area (Å²) in [5.74, 6) is -0.970. The average Bonchev–Trinajstić information content (AvgIpc) is 3.17. The van der Waals surface area contributed by atoms with E-state index in [2.05, 4.69) is 4.90 Å². The van der Waals surface area contributed by atoms with Crippen LogP contribution in [0.1, 0.15) is 74.3 Å². The van der Waals surface area contributed by atoms with Crippen molar-refractivity contribution in [1.82, 2.24) is 4.90 Å². The predicted octanol–water partition coefficient (Wildman–Crippen LogP) is 7.34. The number of rotatable bonds is 6. The smallest absolute Gasteiger partial charge is 0.389 e. The molecular weight excluding hydrogens is 595 g/mol. The first kappa shape index (κ1) is 33.1. The highest BCUT2D eigenvalue weighted by Crippen LogP contribution is 2.47. The molecule has 2 aromatic rings. The summed E-state index contributed by atoms with van der Waals surface area (Å²) in [6, 6.07) is 7.24. The minimum absolute atomic E-state index is 0.0612. The third-order valence-electron chi connectivity index (χ3n) is 9.56. The fraction of sp³-hybridized carbons (Fsp3) is 0.625. The number of aliphatic hydroxyl groups excluding tert-OH is 1. The standard InChI is InChI=1S/C32H38F7NO4/c1-19(22-14-23(31(34,35)36)16-24(15-22)32(37,38)39)44-27-26(20-4-6-25(33)7-5-20)21(8-13-42-27)17-40-11-9-30(10-12-40)18-43-29(2,3)28(30)41/h4-7,14-16,19,21,26-28,41H,8-13,17-18H2,1-3H3/t19-,21+,26+,27-,28?/m1/s1. The minimum atomic E-state index is -4.98. The van der Waals surface area contributed by atoms with E-state index in [-0.39, 0.29) is 29.6 Å². The van der Waals surface area contributed by atoms with Gasteiger partial charge in [0.1, 0.15) is 5.82 Å². The van der Waals surface area contributed by atoms with Gasteiger partial charge in [0.15, 0.2) is 6.29 Å². The normalized spacial score (nSPS) is 28.3. The molecule has 244 valence electrons.